The zero-order valence-electron chi connectivity index (χ0n) is 15.3. The maximum atomic E-state index is 13.7. The van der Waals surface area contributed by atoms with Gasteiger partial charge in [-0.2, -0.15) is 13.2 Å². The van der Waals surface area contributed by atoms with E-state index in [1.165, 1.54) is 12.1 Å². The van der Waals surface area contributed by atoms with Crippen molar-refractivity contribution in [3.05, 3.63) is 35.1 Å². The van der Waals surface area contributed by atoms with Gasteiger partial charge in [-0.05, 0) is 42.5 Å². The number of ether oxygens (including phenoxy) is 1. The summed E-state index contributed by atoms with van der Waals surface area (Å²) in [7, 11) is 0. The van der Waals surface area contributed by atoms with Gasteiger partial charge in [0.1, 0.15) is 5.82 Å². The number of piperidine rings is 1. The lowest BCUT2D eigenvalue weighted by molar-refractivity contribution is -0.200. The van der Waals surface area contributed by atoms with Crippen LogP contribution in [0.4, 0.5) is 17.6 Å². The highest BCUT2D eigenvalue weighted by Crippen LogP contribution is 2.32. The summed E-state index contributed by atoms with van der Waals surface area (Å²) in [5, 5.41) is 0. The van der Waals surface area contributed by atoms with Crippen LogP contribution >= 0.6 is 0 Å². The first-order valence-corrected chi connectivity index (χ1v) is 9.21. The van der Waals surface area contributed by atoms with Crippen molar-refractivity contribution in [2.75, 3.05) is 32.8 Å². The van der Waals surface area contributed by atoms with Crippen molar-refractivity contribution in [2.24, 2.45) is 0 Å². The molecule has 2 saturated heterocycles. The van der Waals surface area contributed by atoms with E-state index in [4.69, 9.17) is 4.74 Å². The summed E-state index contributed by atoms with van der Waals surface area (Å²) in [4.78, 5) is 14.5. The second-order valence-corrected chi connectivity index (χ2v) is 7.35. The number of carbonyl (C=O) groups excluding carboxylic acids is 1. The molecule has 0 aromatic heterocycles. The molecule has 0 atom stereocenters. The predicted octanol–water partition coefficient (Wildman–Crippen LogP) is 3.14. The average molecular weight is 388 g/mol. The van der Waals surface area contributed by atoms with Crippen LogP contribution in [0.5, 0.6) is 0 Å². The summed E-state index contributed by atoms with van der Waals surface area (Å²) in [6.45, 7) is 3.87. The largest absolute Gasteiger partial charge is 0.471 e. The number of halogens is 4. The highest BCUT2D eigenvalue weighted by molar-refractivity contribution is 5.82. The Morgan fingerprint density at radius 2 is 1.81 bits per heavy atom. The number of rotatable bonds is 3. The van der Waals surface area contributed by atoms with Gasteiger partial charge in [0.15, 0.2) is 0 Å². The quantitative estimate of drug-likeness (QED) is 0.746. The minimum Gasteiger partial charge on any atom is -0.371 e. The number of hydrogen-bond donors (Lipinski definition) is 0. The smallest absolute Gasteiger partial charge is 0.371 e. The summed E-state index contributed by atoms with van der Waals surface area (Å²) in [5.41, 5.74) is 1.11. The molecule has 2 heterocycles. The monoisotopic (exact) mass is 388 g/mol. The highest BCUT2D eigenvalue weighted by Gasteiger charge is 2.48. The first-order valence-electron chi connectivity index (χ1n) is 9.21. The van der Waals surface area contributed by atoms with Crippen molar-refractivity contribution < 1.29 is 27.1 Å². The molecule has 8 heteroatoms. The van der Waals surface area contributed by atoms with Gasteiger partial charge in [-0.25, -0.2) is 4.39 Å². The van der Waals surface area contributed by atoms with Gasteiger partial charge < -0.3 is 9.64 Å². The number of aryl methyl sites for hydroxylation is 1. The summed E-state index contributed by atoms with van der Waals surface area (Å²) in [6.07, 6.45) is -3.01. The van der Waals surface area contributed by atoms with Gasteiger partial charge >= 0.3 is 12.1 Å². The van der Waals surface area contributed by atoms with Gasteiger partial charge in [-0.1, -0.05) is 13.0 Å². The van der Waals surface area contributed by atoms with Crippen LogP contribution < -0.4 is 0 Å². The molecule has 0 N–H and O–H groups in total. The zero-order valence-corrected chi connectivity index (χ0v) is 15.3. The molecule has 0 aliphatic carbocycles. The molecule has 150 valence electrons. The molecule has 1 aromatic rings. The van der Waals surface area contributed by atoms with Gasteiger partial charge in [0.25, 0.3) is 0 Å². The van der Waals surface area contributed by atoms with Gasteiger partial charge in [0.2, 0.25) is 0 Å². The number of alkyl halides is 3. The molecule has 0 unspecified atom stereocenters. The van der Waals surface area contributed by atoms with Crippen LogP contribution in [0, 0.1) is 5.82 Å². The third kappa shape index (κ3) is 4.79. The first-order chi connectivity index (χ1) is 12.7. The molecule has 1 spiro atoms. The minimum absolute atomic E-state index is 0.0286. The maximum absolute atomic E-state index is 13.7. The lowest BCUT2D eigenvalue weighted by Crippen LogP contribution is -2.59. The fourth-order valence-electron chi connectivity index (χ4n) is 3.89. The Kier molecular flexibility index (Phi) is 5.76. The molecule has 1 amide bonds. The van der Waals surface area contributed by atoms with E-state index in [1.807, 2.05) is 13.0 Å². The van der Waals surface area contributed by atoms with Crippen LogP contribution in [0.15, 0.2) is 18.2 Å². The zero-order chi connectivity index (χ0) is 19.7. The molecule has 0 bridgehead atoms. The molecule has 27 heavy (non-hydrogen) atoms. The number of carbonyl (C=O) groups is 1. The first kappa shape index (κ1) is 20.1. The normalized spacial score (nSPS) is 20.9. The van der Waals surface area contributed by atoms with E-state index in [1.54, 1.807) is 0 Å². The van der Waals surface area contributed by atoms with Crippen molar-refractivity contribution in [2.45, 2.75) is 44.5 Å². The summed E-state index contributed by atoms with van der Waals surface area (Å²) < 4.78 is 57.7. The Balaban J connectivity index is 1.59. The fraction of sp³-hybridized carbons (Fsp3) is 0.632. The molecule has 0 saturated carbocycles. The molecular weight excluding hydrogens is 364 g/mol. The Morgan fingerprint density at radius 3 is 2.44 bits per heavy atom. The van der Waals surface area contributed by atoms with E-state index in [-0.39, 0.29) is 25.5 Å². The number of amides is 1. The topological polar surface area (TPSA) is 32.8 Å². The van der Waals surface area contributed by atoms with E-state index in [0.717, 1.165) is 22.4 Å². The summed E-state index contributed by atoms with van der Waals surface area (Å²) in [5.74, 6) is -2.05. The molecule has 2 fully saturated rings. The number of nitrogens with zero attached hydrogens (tertiary/aromatic N) is 2. The highest BCUT2D eigenvalue weighted by atomic mass is 19.4. The molecule has 4 nitrogen and oxygen atoms in total. The Morgan fingerprint density at radius 1 is 1.15 bits per heavy atom. The van der Waals surface area contributed by atoms with Crippen molar-refractivity contribution in [3.63, 3.8) is 0 Å². The molecule has 2 aliphatic rings. The number of likely N-dealkylation sites (tertiary alicyclic amines) is 1. The van der Waals surface area contributed by atoms with Gasteiger partial charge in [-0.3, -0.25) is 9.69 Å². The molecule has 1 aromatic carbocycles. The van der Waals surface area contributed by atoms with Crippen LogP contribution in [0.2, 0.25) is 0 Å². The van der Waals surface area contributed by atoms with E-state index >= 15 is 0 Å². The van der Waals surface area contributed by atoms with E-state index in [0.29, 0.717) is 32.5 Å². The second-order valence-electron chi connectivity index (χ2n) is 7.35. The third-order valence-electron chi connectivity index (χ3n) is 5.38. The van der Waals surface area contributed by atoms with Crippen LogP contribution in [0.25, 0.3) is 0 Å². The molecule has 0 radical (unpaired) electrons. The maximum Gasteiger partial charge on any atom is 0.471 e. The molecular formula is C19H24F4N2O2. The minimum atomic E-state index is -4.85. The number of morpholine rings is 1. The Hall–Kier alpha value is -1.67. The number of hydrogen-bond acceptors (Lipinski definition) is 3. The van der Waals surface area contributed by atoms with Crippen LogP contribution in [0.1, 0.15) is 30.9 Å². The van der Waals surface area contributed by atoms with E-state index < -0.39 is 17.7 Å². The van der Waals surface area contributed by atoms with Crippen molar-refractivity contribution in [1.29, 1.82) is 0 Å². The number of benzene rings is 1. The van der Waals surface area contributed by atoms with Gasteiger partial charge in [0.05, 0.1) is 18.8 Å². The predicted molar refractivity (Wildman–Crippen MR) is 91.6 cm³/mol. The lowest BCUT2D eigenvalue weighted by Gasteiger charge is -2.47. The Bertz CT molecular complexity index is 685. The second kappa shape index (κ2) is 7.75. The summed E-state index contributed by atoms with van der Waals surface area (Å²) >= 11 is 0. The third-order valence-corrected chi connectivity index (χ3v) is 5.38. The van der Waals surface area contributed by atoms with Gasteiger partial charge in [-0.15, -0.1) is 0 Å². The lowest BCUT2D eigenvalue weighted by atomic mass is 9.89. The van der Waals surface area contributed by atoms with Crippen molar-refractivity contribution >= 4 is 5.91 Å². The van der Waals surface area contributed by atoms with Crippen LogP contribution in [0.3, 0.4) is 0 Å². The van der Waals surface area contributed by atoms with Gasteiger partial charge in [0, 0.05) is 26.2 Å². The Labute approximate surface area is 156 Å². The summed E-state index contributed by atoms with van der Waals surface area (Å²) in [6, 6.07) is 5.02. The van der Waals surface area contributed by atoms with Crippen molar-refractivity contribution in [1.82, 2.24) is 9.80 Å². The standard InChI is InChI=1S/C19H24F4N2O2/c1-2-14-9-15(11-16(20)10-14)12-24-5-3-18(4-6-24)13-25(7-8-27-18)17(26)19(21,22)23/h9-11H,2-8,12-13H2,1H3. The van der Waals surface area contributed by atoms with Crippen LogP contribution in [-0.4, -0.2) is 60.3 Å². The molecule has 3 rings (SSSR count). The SMILES string of the molecule is CCc1cc(F)cc(CN2CCC3(CC2)CN(C(=O)C(F)(F)F)CCO3)c1. The van der Waals surface area contributed by atoms with Crippen LogP contribution in [-0.2, 0) is 22.5 Å². The average Bonchev–Trinajstić information content (AvgIpc) is 2.62. The van der Waals surface area contributed by atoms with E-state index in [2.05, 4.69) is 4.90 Å². The van der Waals surface area contributed by atoms with Crippen molar-refractivity contribution in [3.8, 4) is 0 Å². The fourth-order valence-corrected chi connectivity index (χ4v) is 3.89. The molecule has 2 aliphatic heterocycles. The van der Waals surface area contributed by atoms with E-state index in [9.17, 15) is 22.4 Å².